The normalized spacial score (nSPS) is 16.5. The van der Waals surface area contributed by atoms with Crippen molar-refractivity contribution < 1.29 is 4.79 Å². The molecule has 25 heavy (non-hydrogen) atoms. The fraction of sp³-hybridized carbons (Fsp3) is 0.273. The first-order chi connectivity index (χ1) is 11.9. The summed E-state index contributed by atoms with van der Waals surface area (Å²) < 4.78 is 0. The van der Waals surface area contributed by atoms with Gasteiger partial charge >= 0.3 is 0 Å². The van der Waals surface area contributed by atoms with E-state index in [0.29, 0.717) is 0 Å². The summed E-state index contributed by atoms with van der Waals surface area (Å²) in [5, 5.41) is 0. The quantitative estimate of drug-likeness (QED) is 0.773. The van der Waals surface area contributed by atoms with E-state index in [9.17, 15) is 4.79 Å². The molecule has 0 saturated heterocycles. The summed E-state index contributed by atoms with van der Waals surface area (Å²) in [6.07, 6.45) is 0. The molecular weight excluding hydrogens is 308 g/mol. The summed E-state index contributed by atoms with van der Waals surface area (Å²) in [5.41, 5.74) is 5.88. The third-order valence-corrected chi connectivity index (χ3v) is 4.60. The highest BCUT2D eigenvalue weighted by atomic mass is 16.2. The summed E-state index contributed by atoms with van der Waals surface area (Å²) in [4.78, 5) is 19.7. The van der Waals surface area contributed by atoms with Crippen LogP contribution in [0, 0.1) is 13.8 Å². The predicted octanol–water partition coefficient (Wildman–Crippen LogP) is 5.06. The highest BCUT2D eigenvalue weighted by molar-refractivity contribution is 6.38. The highest BCUT2D eigenvalue weighted by Crippen LogP contribution is 2.34. The lowest BCUT2D eigenvalue weighted by Gasteiger charge is -2.23. The van der Waals surface area contributed by atoms with Crippen molar-refractivity contribution in [3.8, 4) is 0 Å². The van der Waals surface area contributed by atoms with Crippen LogP contribution in [0.1, 0.15) is 37.5 Å². The van der Waals surface area contributed by atoms with Crippen LogP contribution in [0.5, 0.6) is 0 Å². The number of benzene rings is 2. The Labute approximate surface area is 149 Å². The van der Waals surface area contributed by atoms with E-state index in [1.54, 1.807) is 0 Å². The van der Waals surface area contributed by atoms with E-state index < -0.39 is 0 Å². The van der Waals surface area contributed by atoms with Crippen LogP contribution in [0.2, 0.25) is 0 Å². The molecule has 128 valence electrons. The Balaban J connectivity index is 2.25. The van der Waals surface area contributed by atoms with Crippen molar-refractivity contribution >= 4 is 23.0 Å². The third kappa shape index (κ3) is 3.02. The van der Waals surface area contributed by atoms with Crippen LogP contribution in [0.15, 0.2) is 59.1 Å². The lowest BCUT2D eigenvalue weighted by molar-refractivity contribution is -0.123. The molecule has 1 amide bonds. The minimum absolute atomic E-state index is 0.0406. The van der Waals surface area contributed by atoms with Crippen molar-refractivity contribution in [2.75, 3.05) is 0 Å². The molecule has 1 heterocycles. The Morgan fingerprint density at radius 1 is 0.880 bits per heavy atom. The average Bonchev–Trinajstić information content (AvgIpc) is 2.83. The van der Waals surface area contributed by atoms with E-state index in [0.717, 1.165) is 39.4 Å². The van der Waals surface area contributed by atoms with Crippen LogP contribution in [0.3, 0.4) is 0 Å². The summed E-state index contributed by atoms with van der Waals surface area (Å²) in [6, 6.07) is 16.2. The van der Waals surface area contributed by atoms with Gasteiger partial charge in [-0.3, -0.25) is 9.69 Å². The molecule has 3 rings (SSSR count). The lowest BCUT2D eigenvalue weighted by Crippen LogP contribution is -2.37. The summed E-state index contributed by atoms with van der Waals surface area (Å²) in [5.74, 6) is 0.792. The molecule has 0 radical (unpaired) electrons. The van der Waals surface area contributed by atoms with E-state index in [-0.39, 0.29) is 11.9 Å². The standard InChI is InChI=1S/C22H24N2O/c1-14(2)24-21(23-20-15(3)10-9-11-16(20)4)19(17(5)22(24)25)18-12-7-6-8-13-18/h6-14H,1-5H3. The molecule has 0 aromatic heterocycles. The molecule has 3 nitrogen and oxygen atoms in total. The number of hydrogen-bond donors (Lipinski definition) is 0. The maximum Gasteiger partial charge on any atom is 0.256 e. The van der Waals surface area contributed by atoms with Crippen LogP contribution in [0.25, 0.3) is 5.57 Å². The predicted molar refractivity (Wildman–Crippen MR) is 104 cm³/mol. The Morgan fingerprint density at radius 3 is 2.04 bits per heavy atom. The van der Waals surface area contributed by atoms with Crippen LogP contribution in [0.4, 0.5) is 5.69 Å². The molecule has 2 aromatic rings. The van der Waals surface area contributed by atoms with E-state index in [1.165, 1.54) is 0 Å². The van der Waals surface area contributed by atoms with Gasteiger partial charge in [-0.2, -0.15) is 0 Å². The van der Waals surface area contributed by atoms with Crippen LogP contribution in [-0.4, -0.2) is 22.7 Å². The van der Waals surface area contributed by atoms with Gasteiger partial charge in [-0.25, -0.2) is 4.99 Å². The van der Waals surface area contributed by atoms with Crippen LogP contribution >= 0.6 is 0 Å². The van der Waals surface area contributed by atoms with Gasteiger partial charge in [-0.15, -0.1) is 0 Å². The molecule has 0 aliphatic carbocycles. The number of aryl methyl sites for hydroxylation is 2. The topological polar surface area (TPSA) is 32.7 Å². The minimum Gasteiger partial charge on any atom is -0.290 e. The SMILES string of the molecule is CC1=C(c2ccccc2)C(=Nc2c(C)cccc2C)N(C(C)C)C1=O. The monoisotopic (exact) mass is 332 g/mol. The molecule has 0 saturated carbocycles. The molecule has 1 aliphatic heterocycles. The highest BCUT2D eigenvalue weighted by Gasteiger charge is 2.36. The summed E-state index contributed by atoms with van der Waals surface area (Å²) >= 11 is 0. The molecule has 0 bridgehead atoms. The molecular formula is C22H24N2O. The van der Waals surface area contributed by atoms with Crippen LogP contribution < -0.4 is 0 Å². The smallest absolute Gasteiger partial charge is 0.256 e. The number of rotatable bonds is 3. The number of amides is 1. The van der Waals surface area contributed by atoms with Gasteiger partial charge in [0.1, 0.15) is 5.84 Å². The first-order valence-electron chi connectivity index (χ1n) is 8.67. The van der Waals surface area contributed by atoms with Gasteiger partial charge in [0, 0.05) is 17.2 Å². The second-order valence-corrected chi connectivity index (χ2v) is 6.81. The fourth-order valence-corrected chi connectivity index (χ4v) is 3.30. The van der Waals surface area contributed by atoms with Gasteiger partial charge in [-0.1, -0.05) is 48.5 Å². The van der Waals surface area contributed by atoms with Gasteiger partial charge in [-0.05, 0) is 51.3 Å². The zero-order valence-corrected chi connectivity index (χ0v) is 15.5. The number of amidine groups is 1. The van der Waals surface area contributed by atoms with Crippen molar-refractivity contribution in [3.05, 3.63) is 70.8 Å². The van der Waals surface area contributed by atoms with Crippen molar-refractivity contribution in [2.45, 2.75) is 40.7 Å². The Hall–Kier alpha value is -2.68. The molecule has 3 heteroatoms. The molecule has 0 fully saturated rings. The Morgan fingerprint density at radius 2 is 1.48 bits per heavy atom. The van der Waals surface area contributed by atoms with Crippen molar-refractivity contribution in [1.82, 2.24) is 4.90 Å². The van der Waals surface area contributed by atoms with E-state index in [1.807, 2.05) is 62.1 Å². The van der Waals surface area contributed by atoms with Crippen molar-refractivity contribution in [2.24, 2.45) is 4.99 Å². The molecule has 0 N–H and O–H groups in total. The Kier molecular flexibility index (Phi) is 4.58. The molecule has 2 aromatic carbocycles. The van der Waals surface area contributed by atoms with Crippen molar-refractivity contribution in [3.63, 3.8) is 0 Å². The second kappa shape index (κ2) is 6.67. The molecule has 0 spiro atoms. The molecule has 1 aliphatic rings. The zero-order valence-electron chi connectivity index (χ0n) is 15.5. The van der Waals surface area contributed by atoms with Crippen molar-refractivity contribution in [1.29, 1.82) is 0 Å². The fourth-order valence-electron chi connectivity index (χ4n) is 3.30. The van der Waals surface area contributed by atoms with Gasteiger partial charge in [0.05, 0.1) is 5.69 Å². The van der Waals surface area contributed by atoms with Gasteiger partial charge in [0.15, 0.2) is 0 Å². The van der Waals surface area contributed by atoms with Crippen LogP contribution in [-0.2, 0) is 4.79 Å². The minimum atomic E-state index is 0.0406. The zero-order chi connectivity index (χ0) is 18.1. The Bertz CT molecular complexity index is 856. The number of carbonyl (C=O) groups is 1. The maximum atomic E-state index is 12.9. The molecule has 0 atom stereocenters. The average molecular weight is 332 g/mol. The van der Waals surface area contributed by atoms with Gasteiger partial charge < -0.3 is 0 Å². The molecule has 0 unspecified atom stereocenters. The second-order valence-electron chi connectivity index (χ2n) is 6.81. The van der Waals surface area contributed by atoms with E-state index in [4.69, 9.17) is 4.99 Å². The summed E-state index contributed by atoms with van der Waals surface area (Å²) in [7, 11) is 0. The number of carbonyl (C=O) groups excluding carboxylic acids is 1. The van der Waals surface area contributed by atoms with E-state index in [2.05, 4.69) is 26.0 Å². The number of hydrogen-bond acceptors (Lipinski definition) is 2. The van der Waals surface area contributed by atoms with Gasteiger partial charge in [0.25, 0.3) is 5.91 Å². The lowest BCUT2D eigenvalue weighted by atomic mass is 10.0. The number of para-hydroxylation sites is 1. The third-order valence-electron chi connectivity index (χ3n) is 4.60. The van der Waals surface area contributed by atoms with E-state index >= 15 is 0 Å². The maximum absolute atomic E-state index is 12.9. The van der Waals surface area contributed by atoms with Gasteiger partial charge in [0.2, 0.25) is 0 Å². The first-order valence-corrected chi connectivity index (χ1v) is 8.67. The summed E-state index contributed by atoms with van der Waals surface area (Å²) in [6.45, 7) is 10.1. The number of nitrogens with zero attached hydrogens (tertiary/aromatic N) is 2. The number of aliphatic imine (C=N–C) groups is 1. The largest absolute Gasteiger partial charge is 0.290 e. The first kappa shape index (κ1) is 17.2.